The van der Waals surface area contributed by atoms with Crippen molar-refractivity contribution in [2.24, 2.45) is 5.92 Å². The minimum absolute atomic E-state index is 0.0780. The van der Waals surface area contributed by atoms with Gasteiger partial charge in [0.15, 0.2) is 5.13 Å². The molecule has 0 unspecified atom stereocenters. The zero-order chi connectivity index (χ0) is 21.5. The first-order valence-electron chi connectivity index (χ1n) is 9.42. The van der Waals surface area contributed by atoms with Crippen molar-refractivity contribution in [3.8, 4) is 0 Å². The van der Waals surface area contributed by atoms with Crippen molar-refractivity contribution < 1.29 is 14.4 Å². The third-order valence-electron chi connectivity index (χ3n) is 4.09. The molecule has 0 saturated carbocycles. The van der Waals surface area contributed by atoms with Crippen molar-refractivity contribution in [2.45, 2.75) is 20.3 Å². The third kappa shape index (κ3) is 5.99. The van der Waals surface area contributed by atoms with Crippen LogP contribution < -0.4 is 16.0 Å². The smallest absolute Gasteiger partial charge is 0.255 e. The molecule has 8 heteroatoms. The number of anilines is 3. The molecule has 3 aromatic rings. The van der Waals surface area contributed by atoms with Gasteiger partial charge in [-0.1, -0.05) is 38.1 Å². The Morgan fingerprint density at radius 3 is 2.33 bits per heavy atom. The SMILES string of the molecule is CC(C)C(=O)Nc1nc(CC(=O)Nc2cccc(NC(=O)c3ccccc3)c2)cs1. The Kier molecular flexibility index (Phi) is 6.92. The second-order valence-corrected chi connectivity index (χ2v) is 7.77. The molecule has 7 nitrogen and oxygen atoms in total. The van der Waals surface area contributed by atoms with E-state index in [0.29, 0.717) is 27.8 Å². The average Bonchev–Trinajstić information content (AvgIpc) is 3.15. The molecule has 0 fully saturated rings. The number of rotatable bonds is 7. The predicted molar refractivity (Wildman–Crippen MR) is 119 cm³/mol. The molecule has 0 atom stereocenters. The van der Waals surface area contributed by atoms with E-state index in [9.17, 15) is 14.4 Å². The molecular formula is C22H22N4O3S. The maximum absolute atomic E-state index is 12.4. The molecule has 0 aliphatic rings. The standard InChI is InChI=1S/C22H22N4O3S/c1-14(2)20(28)26-22-25-18(13-30-22)12-19(27)23-16-9-6-10-17(11-16)24-21(29)15-7-4-3-5-8-15/h3-11,13-14H,12H2,1-2H3,(H,23,27)(H,24,29)(H,25,26,28). The van der Waals surface area contributed by atoms with E-state index in [-0.39, 0.29) is 30.1 Å². The maximum atomic E-state index is 12.4. The fraction of sp³-hybridized carbons (Fsp3) is 0.182. The Labute approximate surface area is 178 Å². The van der Waals surface area contributed by atoms with Crippen LogP contribution in [-0.4, -0.2) is 22.7 Å². The van der Waals surface area contributed by atoms with Crippen LogP contribution in [0.25, 0.3) is 0 Å². The maximum Gasteiger partial charge on any atom is 0.255 e. The van der Waals surface area contributed by atoms with Crippen molar-refractivity contribution in [3.63, 3.8) is 0 Å². The molecule has 0 aliphatic carbocycles. The third-order valence-corrected chi connectivity index (χ3v) is 4.89. The molecule has 1 aromatic heterocycles. The van der Waals surface area contributed by atoms with E-state index >= 15 is 0 Å². The summed E-state index contributed by atoms with van der Waals surface area (Å²) in [5.41, 5.74) is 2.27. The number of carbonyl (C=O) groups excluding carboxylic acids is 3. The molecule has 0 spiro atoms. The number of hydrogen-bond donors (Lipinski definition) is 3. The molecule has 0 saturated heterocycles. The minimum atomic E-state index is -0.242. The second kappa shape index (κ2) is 9.80. The summed E-state index contributed by atoms with van der Waals surface area (Å²) in [5, 5.41) is 10.5. The number of benzene rings is 2. The highest BCUT2D eigenvalue weighted by Gasteiger charge is 2.12. The highest BCUT2D eigenvalue weighted by molar-refractivity contribution is 7.13. The van der Waals surface area contributed by atoms with Crippen LogP contribution >= 0.6 is 11.3 Å². The normalized spacial score (nSPS) is 10.5. The number of nitrogens with zero attached hydrogens (tertiary/aromatic N) is 1. The average molecular weight is 423 g/mol. The molecule has 2 aromatic carbocycles. The lowest BCUT2D eigenvalue weighted by Crippen LogP contribution is -2.18. The summed E-state index contributed by atoms with van der Waals surface area (Å²) in [6.07, 6.45) is 0.0780. The zero-order valence-electron chi connectivity index (χ0n) is 16.6. The molecule has 30 heavy (non-hydrogen) atoms. The van der Waals surface area contributed by atoms with Gasteiger partial charge in [-0.2, -0.15) is 0 Å². The number of amides is 3. The lowest BCUT2D eigenvalue weighted by Gasteiger charge is -2.09. The molecule has 3 N–H and O–H groups in total. The van der Waals surface area contributed by atoms with E-state index in [1.54, 1.807) is 67.8 Å². The molecule has 0 aliphatic heterocycles. The first-order valence-corrected chi connectivity index (χ1v) is 10.3. The van der Waals surface area contributed by atoms with Crippen molar-refractivity contribution in [2.75, 3.05) is 16.0 Å². The van der Waals surface area contributed by atoms with Gasteiger partial charge >= 0.3 is 0 Å². The van der Waals surface area contributed by atoms with Gasteiger partial charge in [0.05, 0.1) is 12.1 Å². The highest BCUT2D eigenvalue weighted by Crippen LogP contribution is 2.19. The quantitative estimate of drug-likeness (QED) is 0.532. The van der Waals surface area contributed by atoms with Crippen LogP contribution in [-0.2, 0) is 16.0 Å². The number of carbonyl (C=O) groups is 3. The molecule has 1 heterocycles. The summed E-state index contributed by atoms with van der Waals surface area (Å²) in [6, 6.07) is 15.8. The van der Waals surface area contributed by atoms with Gasteiger partial charge in [-0.3, -0.25) is 14.4 Å². The van der Waals surface area contributed by atoms with Gasteiger partial charge in [-0.25, -0.2) is 4.98 Å². The largest absolute Gasteiger partial charge is 0.326 e. The number of hydrogen-bond acceptors (Lipinski definition) is 5. The lowest BCUT2D eigenvalue weighted by molar-refractivity contribution is -0.119. The lowest BCUT2D eigenvalue weighted by atomic mass is 10.2. The Bertz CT molecular complexity index is 1050. The minimum Gasteiger partial charge on any atom is -0.326 e. The highest BCUT2D eigenvalue weighted by atomic mass is 32.1. The van der Waals surface area contributed by atoms with E-state index in [2.05, 4.69) is 20.9 Å². The summed E-state index contributed by atoms with van der Waals surface area (Å²) < 4.78 is 0. The summed E-state index contributed by atoms with van der Waals surface area (Å²) in [7, 11) is 0. The van der Waals surface area contributed by atoms with Crippen molar-refractivity contribution >= 4 is 45.6 Å². The summed E-state index contributed by atoms with van der Waals surface area (Å²) in [4.78, 5) is 40.6. The van der Waals surface area contributed by atoms with E-state index in [1.165, 1.54) is 11.3 Å². The van der Waals surface area contributed by atoms with E-state index in [4.69, 9.17) is 0 Å². The topological polar surface area (TPSA) is 100 Å². The molecule has 3 rings (SSSR count). The van der Waals surface area contributed by atoms with Crippen LogP contribution in [0, 0.1) is 5.92 Å². The number of nitrogens with one attached hydrogen (secondary N) is 3. The fourth-order valence-corrected chi connectivity index (χ4v) is 3.25. The van der Waals surface area contributed by atoms with Crippen molar-refractivity contribution in [3.05, 3.63) is 71.2 Å². The van der Waals surface area contributed by atoms with Crippen LogP contribution in [0.2, 0.25) is 0 Å². The first kappa shape index (κ1) is 21.2. The van der Waals surface area contributed by atoms with Crippen LogP contribution in [0.3, 0.4) is 0 Å². The monoisotopic (exact) mass is 422 g/mol. The van der Waals surface area contributed by atoms with Gasteiger partial charge in [0.25, 0.3) is 5.91 Å². The van der Waals surface area contributed by atoms with Crippen molar-refractivity contribution in [1.29, 1.82) is 0 Å². The Hall–Kier alpha value is -3.52. The summed E-state index contributed by atoms with van der Waals surface area (Å²) >= 11 is 1.28. The van der Waals surface area contributed by atoms with Crippen molar-refractivity contribution in [1.82, 2.24) is 4.98 Å². The first-order chi connectivity index (χ1) is 14.4. The van der Waals surface area contributed by atoms with E-state index in [1.807, 2.05) is 6.07 Å². The molecule has 154 valence electrons. The Morgan fingerprint density at radius 1 is 0.933 bits per heavy atom. The fourth-order valence-electron chi connectivity index (χ4n) is 2.53. The number of aromatic nitrogens is 1. The van der Waals surface area contributed by atoms with E-state index in [0.717, 1.165) is 0 Å². The van der Waals surface area contributed by atoms with Gasteiger partial charge in [-0.15, -0.1) is 11.3 Å². The van der Waals surface area contributed by atoms with Crippen LogP contribution in [0.5, 0.6) is 0 Å². The molecular weight excluding hydrogens is 400 g/mol. The van der Waals surface area contributed by atoms with Crippen LogP contribution in [0.4, 0.5) is 16.5 Å². The van der Waals surface area contributed by atoms with Gasteiger partial charge in [0.1, 0.15) is 0 Å². The van der Waals surface area contributed by atoms with Gasteiger partial charge in [0, 0.05) is 28.2 Å². The molecule has 0 radical (unpaired) electrons. The summed E-state index contributed by atoms with van der Waals surface area (Å²) in [5.74, 6) is -0.726. The van der Waals surface area contributed by atoms with Gasteiger partial charge < -0.3 is 16.0 Å². The number of thiazole rings is 1. The van der Waals surface area contributed by atoms with Gasteiger partial charge in [-0.05, 0) is 30.3 Å². The van der Waals surface area contributed by atoms with E-state index < -0.39 is 0 Å². The Balaban J connectivity index is 1.57. The second-order valence-electron chi connectivity index (χ2n) is 6.91. The van der Waals surface area contributed by atoms with Gasteiger partial charge in [0.2, 0.25) is 11.8 Å². The van der Waals surface area contributed by atoms with Crippen LogP contribution in [0.1, 0.15) is 29.9 Å². The zero-order valence-corrected chi connectivity index (χ0v) is 17.5. The Morgan fingerprint density at radius 2 is 1.63 bits per heavy atom. The summed E-state index contributed by atoms with van der Waals surface area (Å²) in [6.45, 7) is 3.60. The molecule has 0 bridgehead atoms. The predicted octanol–water partition coefficient (Wildman–Crippen LogP) is 4.17. The molecule has 3 amide bonds. The van der Waals surface area contributed by atoms with Crippen LogP contribution in [0.15, 0.2) is 60.0 Å².